The summed E-state index contributed by atoms with van der Waals surface area (Å²) in [5.74, 6) is -0.754. The third-order valence-electron chi connectivity index (χ3n) is 3.65. The van der Waals surface area contributed by atoms with E-state index in [4.69, 9.17) is 4.74 Å². The highest BCUT2D eigenvalue weighted by atomic mass is 19.1. The van der Waals surface area contributed by atoms with Gasteiger partial charge >= 0.3 is 6.01 Å². The minimum Gasteiger partial charge on any atom is -0.460 e. The maximum absolute atomic E-state index is 13.7. The van der Waals surface area contributed by atoms with Crippen molar-refractivity contribution < 1.29 is 13.9 Å². The van der Waals surface area contributed by atoms with Gasteiger partial charge in [0, 0.05) is 38.3 Å². The van der Waals surface area contributed by atoms with Crippen LogP contribution in [0.15, 0.2) is 42.7 Å². The second kappa shape index (κ2) is 6.51. The number of benzene rings is 1. The molecule has 1 aromatic carbocycles. The topological polar surface area (TPSA) is 55.3 Å². The number of nitrogens with zero attached hydrogens (tertiary/aromatic N) is 3. The first kappa shape index (κ1) is 14.4. The van der Waals surface area contributed by atoms with E-state index in [1.165, 1.54) is 12.1 Å². The van der Waals surface area contributed by atoms with Gasteiger partial charge in [0.05, 0.1) is 5.56 Å². The molecule has 0 aliphatic carbocycles. The molecule has 0 N–H and O–H groups in total. The Bertz CT molecular complexity index is 643. The SMILES string of the molecule is O=C(c1ccccc1F)N1CCC(Oc2ncccn2)CC1. The molecule has 1 aromatic heterocycles. The molecule has 0 atom stereocenters. The average molecular weight is 301 g/mol. The molecule has 1 aliphatic rings. The number of hydrogen-bond donors (Lipinski definition) is 0. The molecule has 0 unspecified atom stereocenters. The summed E-state index contributed by atoms with van der Waals surface area (Å²) in [6.45, 7) is 1.06. The van der Waals surface area contributed by atoms with Gasteiger partial charge in [-0.15, -0.1) is 0 Å². The van der Waals surface area contributed by atoms with Gasteiger partial charge in [0.15, 0.2) is 0 Å². The molecule has 1 amide bonds. The monoisotopic (exact) mass is 301 g/mol. The summed E-state index contributed by atoms with van der Waals surface area (Å²) < 4.78 is 19.3. The van der Waals surface area contributed by atoms with Gasteiger partial charge in [-0.2, -0.15) is 0 Å². The summed E-state index contributed by atoms with van der Waals surface area (Å²) in [5, 5.41) is 0. The minimum atomic E-state index is -0.483. The van der Waals surface area contributed by atoms with Gasteiger partial charge in [-0.1, -0.05) is 12.1 Å². The molecule has 0 saturated carbocycles. The van der Waals surface area contributed by atoms with Crippen molar-refractivity contribution in [3.8, 4) is 6.01 Å². The summed E-state index contributed by atoms with van der Waals surface area (Å²) in [4.78, 5) is 22.0. The highest BCUT2D eigenvalue weighted by Crippen LogP contribution is 2.18. The molecule has 114 valence electrons. The fraction of sp³-hybridized carbons (Fsp3) is 0.312. The molecule has 0 radical (unpaired) electrons. The number of carbonyl (C=O) groups excluding carboxylic acids is 1. The molecule has 0 spiro atoms. The van der Waals surface area contributed by atoms with Crippen molar-refractivity contribution in [3.63, 3.8) is 0 Å². The molecule has 0 bridgehead atoms. The zero-order valence-corrected chi connectivity index (χ0v) is 12.0. The van der Waals surface area contributed by atoms with Crippen LogP contribution in [0, 0.1) is 5.82 Å². The molecule has 5 nitrogen and oxygen atoms in total. The normalized spacial score (nSPS) is 15.6. The third-order valence-corrected chi connectivity index (χ3v) is 3.65. The molecular weight excluding hydrogens is 285 g/mol. The Balaban J connectivity index is 1.58. The number of carbonyl (C=O) groups is 1. The van der Waals surface area contributed by atoms with Crippen LogP contribution < -0.4 is 4.74 Å². The lowest BCUT2D eigenvalue weighted by Gasteiger charge is -2.31. The van der Waals surface area contributed by atoms with E-state index in [1.807, 2.05) is 0 Å². The van der Waals surface area contributed by atoms with Crippen LogP contribution >= 0.6 is 0 Å². The van der Waals surface area contributed by atoms with Crippen LogP contribution in [0.4, 0.5) is 4.39 Å². The zero-order valence-electron chi connectivity index (χ0n) is 12.0. The summed E-state index contributed by atoms with van der Waals surface area (Å²) in [6.07, 6.45) is 4.59. The number of aromatic nitrogens is 2. The Morgan fingerprint density at radius 3 is 2.50 bits per heavy atom. The molecule has 2 heterocycles. The van der Waals surface area contributed by atoms with Crippen LogP contribution in [0.25, 0.3) is 0 Å². The smallest absolute Gasteiger partial charge is 0.316 e. The fourth-order valence-corrected chi connectivity index (χ4v) is 2.48. The number of ether oxygens (including phenoxy) is 1. The maximum atomic E-state index is 13.7. The Labute approximate surface area is 127 Å². The van der Waals surface area contributed by atoms with Gasteiger partial charge in [0.2, 0.25) is 0 Å². The highest BCUT2D eigenvalue weighted by molar-refractivity contribution is 5.94. The van der Waals surface area contributed by atoms with Crippen molar-refractivity contribution in [3.05, 3.63) is 54.1 Å². The van der Waals surface area contributed by atoms with Crippen molar-refractivity contribution in [1.29, 1.82) is 0 Å². The second-order valence-electron chi connectivity index (χ2n) is 5.12. The van der Waals surface area contributed by atoms with Crippen LogP contribution in [0.2, 0.25) is 0 Å². The zero-order chi connectivity index (χ0) is 15.4. The van der Waals surface area contributed by atoms with E-state index in [1.54, 1.807) is 35.5 Å². The summed E-state index contributed by atoms with van der Waals surface area (Å²) in [6, 6.07) is 8.13. The lowest BCUT2D eigenvalue weighted by Crippen LogP contribution is -2.42. The number of piperidine rings is 1. The van der Waals surface area contributed by atoms with Gasteiger partial charge in [-0.3, -0.25) is 4.79 Å². The van der Waals surface area contributed by atoms with Crippen LogP contribution in [-0.4, -0.2) is 40.0 Å². The average Bonchev–Trinajstić information content (AvgIpc) is 2.56. The van der Waals surface area contributed by atoms with E-state index in [0.717, 1.165) is 0 Å². The molecular formula is C16H16FN3O2. The Kier molecular flexibility index (Phi) is 4.27. The number of halogens is 1. The van der Waals surface area contributed by atoms with Crippen LogP contribution in [0.1, 0.15) is 23.2 Å². The standard InChI is InChI=1S/C16H16FN3O2/c17-14-5-2-1-4-13(14)15(21)20-10-6-12(7-11-20)22-16-18-8-3-9-19-16/h1-5,8-9,12H,6-7,10-11H2. The molecule has 1 fully saturated rings. The highest BCUT2D eigenvalue weighted by Gasteiger charge is 2.26. The molecule has 1 aliphatic heterocycles. The molecule has 3 rings (SSSR count). The molecule has 1 saturated heterocycles. The summed E-state index contributed by atoms with van der Waals surface area (Å²) in [5.41, 5.74) is 0.119. The van der Waals surface area contributed by atoms with Crippen molar-refractivity contribution >= 4 is 5.91 Å². The van der Waals surface area contributed by atoms with Crippen molar-refractivity contribution in [2.75, 3.05) is 13.1 Å². The van der Waals surface area contributed by atoms with Crippen molar-refractivity contribution in [1.82, 2.24) is 14.9 Å². The first-order valence-electron chi connectivity index (χ1n) is 7.21. The summed E-state index contributed by atoms with van der Waals surface area (Å²) >= 11 is 0. The van der Waals surface area contributed by atoms with Crippen molar-refractivity contribution in [2.45, 2.75) is 18.9 Å². The minimum absolute atomic E-state index is 0.0212. The van der Waals surface area contributed by atoms with Crippen LogP contribution in [0.5, 0.6) is 6.01 Å². The van der Waals surface area contributed by atoms with E-state index >= 15 is 0 Å². The Morgan fingerprint density at radius 1 is 1.14 bits per heavy atom. The first-order chi connectivity index (χ1) is 10.7. The third kappa shape index (κ3) is 3.21. The van der Waals surface area contributed by atoms with Gasteiger partial charge < -0.3 is 9.64 Å². The van der Waals surface area contributed by atoms with Gasteiger partial charge in [0.1, 0.15) is 11.9 Å². The van der Waals surface area contributed by atoms with Crippen LogP contribution in [-0.2, 0) is 0 Å². The van der Waals surface area contributed by atoms with Gasteiger partial charge in [-0.25, -0.2) is 14.4 Å². The molecule has 22 heavy (non-hydrogen) atoms. The maximum Gasteiger partial charge on any atom is 0.316 e. The van der Waals surface area contributed by atoms with Gasteiger partial charge in [-0.05, 0) is 18.2 Å². The predicted molar refractivity (Wildman–Crippen MR) is 78.0 cm³/mol. The van der Waals surface area contributed by atoms with E-state index in [0.29, 0.717) is 31.9 Å². The number of hydrogen-bond acceptors (Lipinski definition) is 4. The fourth-order valence-electron chi connectivity index (χ4n) is 2.48. The predicted octanol–water partition coefficient (Wildman–Crippen LogP) is 2.30. The molecule has 2 aromatic rings. The van der Waals surface area contributed by atoms with Crippen molar-refractivity contribution in [2.24, 2.45) is 0 Å². The van der Waals surface area contributed by atoms with Gasteiger partial charge in [0.25, 0.3) is 5.91 Å². The van der Waals surface area contributed by atoms with E-state index in [2.05, 4.69) is 9.97 Å². The number of rotatable bonds is 3. The Hall–Kier alpha value is -2.50. The number of likely N-dealkylation sites (tertiary alicyclic amines) is 1. The quantitative estimate of drug-likeness (QED) is 0.873. The van der Waals surface area contributed by atoms with E-state index in [9.17, 15) is 9.18 Å². The summed E-state index contributed by atoms with van der Waals surface area (Å²) in [7, 11) is 0. The first-order valence-corrected chi connectivity index (χ1v) is 7.21. The molecule has 6 heteroatoms. The largest absolute Gasteiger partial charge is 0.460 e. The lowest BCUT2D eigenvalue weighted by molar-refractivity contribution is 0.0574. The van der Waals surface area contributed by atoms with E-state index in [-0.39, 0.29) is 17.6 Å². The second-order valence-corrected chi connectivity index (χ2v) is 5.12. The number of amides is 1. The van der Waals surface area contributed by atoms with E-state index < -0.39 is 5.82 Å². The lowest BCUT2D eigenvalue weighted by atomic mass is 10.1. The van der Waals surface area contributed by atoms with Crippen LogP contribution in [0.3, 0.4) is 0 Å². The Morgan fingerprint density at radius 2 is 1.82 bits per heavy atom.